The van der Waals surface area contributed by atoms with Crippen molar-refractivity contribution >= 4 is 34.6 Å². The molecular weight excluding hydrogens is 440 g/mol. The fourth-order valence-electron chi connectivity index (χ4n) is 3.97. The third-order valence-electron chi connectivity index (χ3n) is 5.57. The normalized spacial score (nSPS) is 24.6. The SMILES string of the molecule is Nc1nc(=O)n([C@@H]2O[C@H](CO)[C@@H](O)[C@H]2O)c2nc(N3C(=O)c4ccccc4C3=O)[nH]c(=O)c12. The molecule has 0 radical (unpaired) electrons. The molecule has 6 N–H and O–H groups in total. The van der Waals surface area contributed by atoms with Gasteiger partial charge in [-0.1, -0.05) is 12.1 Å². The molecule has 0 unspecified atom stereocenters. The second-order valence-corrected chi connectivity index (χ2v) is 7.46. The highest BCUT2D eigenvalue weighted by molar-refractivity contribution is 6.33. The van der Waals surface area contributed by atoms with E-state index >= 15 is 0 Å². The highest BCUT2D eigenvalue weighted by atomic mass is 16.6. The lowest BCUT2D eigenvalue weighted by atomic mass is 10.1. The predicted octanol–water partition coefficient (Wildman–Crippen LogP) is -2.53. The van der Waals surface area contributed by atoms with Gasteiger partial charge < -0.3 is 25.8 Å². The molecule has 4 atom stereocenters. The number of hydrogen-bond donors (Lipinski definition) is 5. The van der Waals surface area contributed by atoms with E-state index < -0.39 is 71.6 Å². The van der Waals surface area contributed by atoms with E-state index in [-0.39, 0.29) is 16.5 Å². The highest BCUT2D eigenvalue weighted by Crippen LogP contribution is 2.31. The number of aliphatic hydroxyl groups is 3. The Kier molecular flexibility index (Phi) is 4.61. The van der Waals surface area contributed by atoms with Crippen LogP contribution in [0.1, 0.15) is 26.9 Å². The smallest absolute Gasteiger partial charge is 0.353 e. The van der Waals surface area contributed by atoms with Crippen LogP contribution in [0.4, 0.5) is 11.8 Å². The van der Waals surface area contributed by atoms with Crippen LogP contribution >= 0.6 is 0 Å². The molecule has 170 valence electrons. The van der Waals surface area contributed by atoms with Crippen molar-refractivity contribution in [1.29, 1.82) is 0 Å². The standard InChI is InChI=1S/C19H16N6O8/c20-12-9-13(24(19(32)21-12)17-11(28)10(27)8(5-26)33-17)22-18(23-14(9)29)25-15(30)6-3-1-2-4-7(6)16(25)31/h1-4,8,10-11,17,26-28H,5H2,(H2,20,21,32)(H,22,23,29)/t8-,10-,11-,17-/m1/s1. The van der Waals surface area contributed by atoms with E-state index in [0.717, 1.165) is 0 Å². The molecule has 4 heterocycles. The Hall–Kier alpha value is -3.98. The lowest BCUT2D eigenvalue weighted by Crippen LogP contribution is -2.38. The largest absolute Gasteiger partial charge is 0.394 e. The van der Waals surface area contributed by atoms with Gasteiger partial charge in [0.15, 0.2) is 11.9 Å². The number of carbonyl (C=O) groups excluding carboxylic acids is 2. The molecule has 14 nitrogen and oxygen atoms in total. The van der Waals surface area contributed by atoms with Crippen LogP contribution in [0.25, 0.3) is 11.0 Å². The first-order valence-electron chi connectivity index (χ1n) is 9.67. The molecule has 1 saturated heterocycles. The van der Waals surface area contributed by atoms with Crippen molar-refractivity contribution in [3.8, 4) is 0 Å². The fourth-order valence-corrected chi connectivity index (χ4v) is 3.97. The number of anilines is 2. The number of nitrogens with one attached hydrogen (secondary N) is 1. The molecule has 2 aromatic heterocycles. The first kappa shape index (κ1) is 20.9. The van der Waals surface area contributed by atoms with Gasteiger partial charge in [0.1, 0.15) is 29.5 Å². The summed E-state index contributed by atoms with van der Waals surface area (Å²) in [6.07, 6.45) is -6.08. The molecule has 0 bridgehead atoms. The number of fused-ring (bicyclic) bond motifs is 2. The first-order valence-corrected chi connectivity index (χ1v) is 9.67. The van der Waals surface area contributed by atoms with E-state index in [1.54, 1.807) is 12.1 Å². The Morgan fingerprint density at radius 2 is 1.67 bits per heavy atom. The van der Waals surface area contributed by atoms with Crippen molar-refractivity contribution in [2.45, 2.75) is 24.5 Å². The van der Waals surface area contributed by atoms with Crippen LogP contribution in [-0.2, 0) is 4.74 Å². The quantitative estimate of drug-likeness (QED) is 0.259. The molecule has 2 amide bonds. The maximum absolute atomic E-state index is 12.8. The summed E-state index contributed by atoms with van der Waals surface area (Å²) in [7, 11) is 0. The third-order valence-corrected chi connectivity index (χ3v) is 5.57. The number of hydrogen-bond acceptors (Lipinski definition) is 11. The molecule has 2 aliphatic heterocycles. The Balaban J connectivity index is 1.73. The summed E-state index contributed by atoms with van der Waals surface area (Å²) in [6.45, 7) is -0.669. The van der Waals surface area contributed by atoms with E-state index in [0.29, 0.717) is 9.47 Å². The summed E-state index contributed by atoms with van der Waals surface area (Å²) >= 11 is 0. The van der Waals surface area contributed by atoms with Crippen molar-refractivity contribution in [3.63, 3.8) is 0 Å². The summed E-state index contributed by atoms with van der Waals surface area (Å²) in [6, 6.07) is 6.00. The van der Waals surface area contributed by atoms with Crippen molar-refractivity contribution in [2.75, 3.05) is 17.2 Å². The van der Waals surface area contributed by atoms with Gasteiger partial charge in [-0.05, 0) is 12.1 Å². The number of H-pyrrole nitrogens is 1. The average molecular weight is 456 g/mol. The number of benzene rings is 1. The number of amides is 2. The summed E-state index contributed by atoms with van der Waals surface area (Å²) in [4.78, 5) is 61.7. The minimum Gasteiger partial charge on any atom is -0.394 e. The maximum atomic E-state index is 12.8. The lowest BCUT2D eigenvalue weighted by Gasteiger charge is -2.20. The van der Waals surface area contributed by atoms with Crippen molar-refractivity contribution in [2.24, 2.45) is 0 Å². The first-order chi connectivity index (χ1) is 15.7. The number of aromatic amines is 1. The number of imide groups is 1. The van der Waals surface area contributed by atoms with Crippen molar-refractivity contribution in [3.05, 3.63) is 56.2 Å². The number of nitrogens with zero attached hydrogens (tertiary/aromatic N) is 4. The molecule has 2 aliphatic rings. The molecule has 5 rings (SSSR count). The van der Waals surface area contributed by atoms with Gasteiger partial charge in [-0.3, -0.25) is 19.4 Å². The Labute approximate surface area is 182 Å². The molecular formula is C19H16N6O8. The molecule has 0 saturated carbocycles. The van der Waals surface area contributed by atoms with Crippen LogP contribution in [-0.4, -0.2) is 71.6 Å². The Morgan fingerprint density at radius 1 is 1.03 bits per heavy atom. The van der Waals surface area contributed by atoms with Crippen LogP contribution in [0, 0.1) is 0 Å². The van der Waals surface area contributed by atoms with Gasteiger partial charge in [-0.2, -0.15) is 9.97 Å². The van der Waals surface area contributed by atoms with Crippen LogP contribution < -0.4 is 21.9 Å². The number of nitrogens with two attached hydrogens (primary N) is 1. The number of aliphatic hydroxyl groups excluding tert-OH is 3. The predicted molar refractivity (Wildman–Crippen MR) is 109 cm³/mol. The van der Waals surface area contributed by atoms with E-state index in [1.165, 1.54) is 12.1 Å². The van der Waals surface area contributed by atoms with E-state index in [9.17, 15) is 34.5 Å². The number of ether oxygens (including phenoxy) is 1. The molecule has 0 spiro atoms. The summed E-state index contributed by atoms with van der Waals surface area (Å²) < 4.78 is 6.05. The minimum absolute atomic E-state index is 0.0975. The van der Waals surface area contributed by atoms with Gasteiger partial charge in [0.05, 0.1) is 17.7 Å². The molecule has 1 aromatic carbocycles. The van der Waals surface area contributed by atoms with Gasteiger partial charge in [0, 0.05) is 0 Å². The third kappa shape index (κ3) is 2.89. The van der Waals surface area contributed by atoms with Crippen LogP contribution in [0.2, 0.25) is 0 Å². The number of aromatic nitrogens is 4. The summed E-state index contributed by atoms with van der Waals surface area (Å²) in [5.41, 5.74) is 3.49. The maximum Gasteiger partial charge on any atom is 0.353 e. The minimum atomic E-state index is -1.70. The Morgan fingerprint density at radius 3 is 2.24 bits per heavy atom. The highest BCUT2D eigenvalue weighted by Gasteiger charge is 2.45. The number of nitrogen functional groups attached to an aromatic ring is 1. The van der Waals surface area contributed by atoms with Gasteiger partial charge >= 0.3 is 5.69 Å². The molecule has 0 aliphatic carbocycles. The fraction of sp³-hybridized carbons (Fsp3) is 0.263. The zero-order valence-electron chi connectivity index (χ0n) is 16.6. The summed E-state index contributed by atoms with van der Waals surface area (Å²) in [5.74, 6) is -2.48. The summed E-state index contributed by atoms with van der Waals surface area (Å²) in [5, 5.41) is 29.4. The molecule has 33 heavy (non-hydrogen) atoms. The van der Waals surface area contributed by atoms with E-state index in [1.807, 2.05) is 0 Å². The molecule has 14 heteroatoms. The van der Waals surface area contributed by atoms with Crippen LogP contribution in [0.3, 0.4) is 0 Å². The topological polar surface area (TPSA) is 214 Å². The van der Waals surface area contributed by atoms with Gasteiger partial charge in [0.25, 0.3) is 17.4 Å². The Bertz CT molecular complexity index is 1410. The molecule has 3 aromatic rings. The second-order valence-electron chi connectivity index (χ2n) is 7.46. The number of rotatable bonds is 3. The van der Waals surface area contributed by atoms with E-state index in [4.69, 9.17) is 10.5 Å². The van der Waals surface area contributed by atoms with Crippen LogP contribution in [0.15, 0.2) is 33.9 Å². The van der Waals surface area contributed by atoms with Crippen LogP contribution in [0.5, 0.6) is 0 Å². The zero-order chi connectivity index (χ0) is 23.6. The van der Waals surface area contributed by atoms with Gasteiger partial charge in [-0.25, -0.2) is 14.3 Å². The van der Waals surface area contributed by atoms with Crippen molar-refractivity contribution in [1.82, 2.24) is 19.5 Å². The van der Waals surface area contributed by atoms with Crippen molar-refractivity contribution < 1.29 is 29.6 Å². The second kappa shape index (κ2) is 7.28. The van der Waals surface area contributed by atoms with E-state index in [2.05, 4.69) is 15.0 Å². The average Bonchev–Trinajstić information content (AvgIpc) is 3.21. The monoisotopic (exact) mass is 456 g/mol. The molecule has 1 fully saturated rings. The lowest BCUT2D eigenvalue weighted by molar-refractivity contribution is -0.0529. The van der Waals surface area contributed by atoms with Gasteiger partial charge in [0.2, 0.25) is 5.95 Å². The van der Waals surface area contributed by atoms with Gasteiger partial charge in [-0.15, -0.1) is 0 Å². The number of carbonyl (C=O) groups is 2. The zero-order valence-corrected chi connectivity index (χ0v) is 16.6.